The van der Waals surface area contributed by atoms with Crippen molar-refractivity contribution < 1.29 is 34.4 Å². The van der Waals surface area contributed by atoms with E-state index in [9.17, 15) is 0 Å². The second kappa shape index (κ2) is 9350. The van der Waals surface area contributed by atoms with Gasteiger partial charge in [-0.2, -0.15) is 0 Å². The molecule has 0 fully saturated rings. The zero-order valence-corrected chi connectivity index (χ0v) is 7.94. The second-order valence-corrected chi connectivity index (χ2v) is 0. The zero-order chi connectivity index (χ0) is 6.00. The van der Waals surface area contributed by atoms with Crippen LogP contribution in [0.2, 0.25) is 0 Å². The van der Waals surface area contributed by atoms with Gasteiger partial charge in [0.1, 0.15) is 0 Å². The van der Waals surface area contributed by atoms with E-state index in [1.165, 1.54) is 0 Å². The van der Waals surface area contributed by atoms with Gasteiger partial charge in [0.2, 0.25) is 0 Å². The van der Waals surface area contributed by atoms with Gasteiger partial charge in [0.25, 0.3) is 0 Å². The van der Waals surface area contributed by atoms with E-state index in [0.29, 0.717) is 0 Å². The first-order chi connectivity index (χ1) is 3.00. The van der Waals surface area contributed by atoms with E-state index < -0.39 is 0 Å². The summed E-state index contributed by atoms with van der Waals surface area (Å²) in [7, 11) is 0. The van der Waals surface area contributed by atoms with Crippen LogP contribution in [-0.2, 0) is 34.4 Å². The summed E-state index contributed by atoms with van der Waals surface area (Å²) in [5.74, 6) is 0. The van der Waals surface area contributed by atoms with Crippen molar-refractivity contribution in [3.8, 4) is 0 Å². The van der Waals surface area contributed by atoms with Gasteiger partial charge in [0, 0.05) is 20.4 Å². The van der Waals surface area contributed by atoms with Crippen LogP contribution in [0.5, 0.6) is 0 Å². The summed E-state index contributed by atoms with van der Waals surface area (Å²) in [6.45, 7) is 13.5. The number of hydrogen-bond donors (Lipinski definition) is 3. The van der Waals surface area contributed by atoms with Crippen molar-refractivity contribution in [2.75, 3.05) is 0 Å². The van der Waals surface area contributed by atoms with Gasteiger partial charge in [0.15, 0.2) is 0 Å². The molecule has 6 nitrogen and oxygen atoms in total. The molecular formula is C3H9N3O3Re. The monoisotopic (exact) mass is 322 g/mol. The van der Waals surface area contributed by atoms with E-state index in [1.54, 1.807) is 0 Å². The van der Waals surface area contributed by atoms with Crippen LogP contribution < -0.4 is 18.5 Å². The van der Waals surface area contributed by atoms with E-state index in [-0.39, 0.29) is 38.9 Å². The van der Waals surface area contributed by atoms with Gasteiger partial charge in [0.05, 0.1) is 0 Å². The van der Waals surface area contributed by atoms with Crippen LogP contribution in [0.15, 0.2) is 0 Å². The third-order valence-corrected chi connectivity index (χ3v) is 0. The van der Waals surface area contributed by atoms with Crippen molar-refractivity contribution in [2.45, 2.75) is 0 Å². The van der Waals surface area contributed by atoms with E-state index in [4.69, 9.17) is 14.0 Å². The summed E-state index contributed by atoms with van der Waals surface area (Å²) in [5.41, 5.74) is 0. The quantitative estimate of drug-likeness (QED) is 0.434. The average molecular weight is 321 g/mol. The Hall–Kier alpha value is -0.238. The minimum absolute atomic E-state index is 0. The molecule has 0 aliphatic carbocycles. The van der Waals surface area contributed by atoms with Crippen LogP contribution >= 0.6 is 0 Å². The maximum absolute atomic E-state index is 7.50. The topological polar surface area (TPSA) is 165 Å². The molecule has 61 valence electrons. The van der Waals surface area contributed by atoms with Crippen molar-refractivity contribution in [3.05, 3.63) is 20.0 Å². The van der Waals surface area contributed by atoms with Gasteiger partial charge in [-0.1, -0.05) is 0 Å². The summed E-state index contributed by atoms with van der Waals surface area (Å²) in [6, 6.07) is 0. The van der Waals surface area contributed by atoms with Crippen molar-refractivity contribution >= 4 is 0 Å². The van der Waals surface area contributed by atoms with Gasteiger partial charge in [-0.25, -0.2) is 0 Å². The maximum atomic E-state index is 7.50. The number of rotatable bonds is 0. The summed E-state index contributed by atoms with van der Waals surface area (Å²) in [6.07, 6.45) is 0. The van der Waals surface area contributed by atoms with E-state index in [2.05, 4.69) is 20.0 Å². The molecule has 0 heterocycles. The minimum atomic E-state index is 0. The molecule has 7 heteroatoms. The molecule has 0 rings (SSSR count). The molecule has 0 amide bonds. The molecule has 0 bridgehead atoms. The van der Waals surface area contributed by atoms with E-state index in [1.807, 2.05) is 0 Å². The first-order valence-electron chi connectivity index (χ1n) is 0.612. The van der Waals surface area contributed by atoms with Gasteiger partial charge in [-0.3, -0.25) is 0 Å². The summed E-state index contributed by atoms with van der Waals surface area (Å²) in [4.78, 5) is 0. The first kappa shape index (κ1) is 98.2. The maximum Gasteiger partial charge on any atom is 0 e. The molecule has 0 unspecified atom stereocenters. The molecule has 0 aromatic rings. The molecule has 0 aliphatic heterocycles. The SMILES string of the molecule is N.N.N.[C-]#[O+].[C-]#[O+].[C-]#[O+].[Re]. The van der Waals surface area contributed by atoms with Crippen molar-refractivity contribution in [1.82, 2.24) is 18.5 Å². The van der Waals surface area contributed by atoms with Gasteiger partial charge >= 0.3 is 33.9 Å². The molecule has 0 saturated heterocycles. The van der Waals surface area contributed by atoms with Gasteiger partial charge in [-0.15, -0.1) is 0 Å². The molecule has 0 saturated carbocycles. The molecule has 10 heavy (non-hydrogen) atoms. The fourth-order valence-corrected chi connectivity index (χ4v) is 0. The Kier molecular flexibility index (Phi) is 91800. The first-order valence-corrected chi connectivity index (χ1v) is 0.612. The predicted octanol–water partition coefficient (Wildman–Crippen LogP) is 0.371. The second-order valence-electron chi connectivity index (χ2n) is 0. The fourth-order valence-electron chi connectivity index (χ4n) is 0. The molecule has 0 aromatic carbocycles. The zero-order valence-electron chi connectivity index (χ0n) is 5.22. The van der Waals surface area contributed by atoms with Crippen LogP contribution in [0.1, 0.15) is 0 Å². The third-order valence-electron chi connectivity index (χ3n) is 0. The number of hydrogen-bond acceptors (Lipinski definition) is 3. The summed E-state index contributed by atoms with van der Waals surface area (Å²) in [5, 5.41) is 0. The minimum Gasteiger partial charge on any atom is 0 e. The molecule has 0 aliphatic rings. The Labute approximate surface area is 73.3 Å². The molecule has 1 radical (unpaired) electrons. The van der Waals surface area contributed by atoms with Crippen LogP contribution in [0, 0.1) is 20.0 Å². The Morgan fingerprint density at radius 3 is 0.500 bits per heavy atom. The van der Waals surface area contributed by atoms with E-state index in [0.717, 1.165) is 0 Å². The average Bonchev–Trinajstić information content (AvgIpc) is 1.81. The molecule has 9 N–H and O–H groups in total. The Bertz CT molecular complexity index is 47.5. The molecule has 0 aromatic heterocycles. The normalized spacial score (nSPS) is 0.600. The van der Waals surface area contributed by atoms with Crippen LogP contribution in [-0.4, -0.2) is 0 Å². The van der Waals surface area contributed by atoms with Gasteiger partial charge < -0.3 is 18.5 Å². The van der Waals surface area contributed by atoms with Crippen LogP contribution in [0.3, 0.4) is 0 Å². The fraction of sp³-hybridized carbons (Fsp3) is 0. The van der Waals surface area contributed by atoms with Crippen molar-refractivity contribution in [2.24, 2.45) is 0 Å². The summed E-state index contributed by atoms with van der Waals surface area (Å²) >= 11 is 0. The largest absolute Gasteiger partial charge is 0 e. The van der Waals surface area contributed by atoms with Crippen molar-refractivity contribution in [1.29, 1.82) is 0 Å². The van der Waals surface area contributed by atoms with Crippen molar-refractivity contribution in [3.63, 3.8) is 0 Å². The third kappa shape index (κ3) is 6280. The Morgan fingerprint density at radius 2 is 0.500 bits per heavy atom. The smallest absolute Gasteiger partial charge is 0 e. The Balaban J connectivity index is -0.00000000225. The predicted molar refractivity (Wildman–Crippen MR) is 26.9 cm³/mol. The van der Waals surface area contributed by atoms with Gasteiger partial charge in [-0.05, 0) is 0 Å². The van der Waals surface area contributed by atoms with E-state index >= 15 is 0 Å². The molecule has 0 atom stereocenters. The van der Waals surface area contributed by atoms with Crippen LogP contribution in [0.25, 0.3) is 0 Å². The van der Waals surface area contributed by atoms with Crippen LogP contribution in [0.4, 0.5) is 0 Å². The Morgan fingerprint density at radius 1 is 0.500 bits per heavy atom. The standard InChI is InChI=1S/3CO.3H3N.Re/c3*1-2;;;;/h;;;3*1H3;. The molecular weight excluding hydrogens is 312 g/mol. The summed E-state index contributed by atoms with van der Waals surface area (Å²) < 4.78 is 22.5. The molecule has 0 spiro atoms.